The highest BCUT2D eigenvalue weighted by Crippen LogP contribution is 2.07. The fourth-order valence-corrected chi connectivity index (χ4v) is 1.48. The van der Waals surface area contributed by atoms with Crippen LogP contribution in [-0.4, -0.2) is 25.5 Å². The molecule has 1 heterocycles. The molecule has 1 aliphatic rings. The molecule has 2 N–H and O–H groups in total. The monoisotopic (exact) mass is 206 g/mol. The molecule has 4 heteroatoms. The van der Waals surface area contributed by atoms with Crippen molar-refractivity contribution in [3.8, 4) is 0 Å². The Bertz CT molecular complexity index is 147. The number of hydrogen-bond donors (Lipinski definition) is 2. The average molecular weight is 207 g/mol. The van der Waals surface area contributed by atoms with Crippen molar-refractivity contribution in [3.05, 3.63) is 0 Å². The quantitative estimate of drug-likeness (QED) is 0.722. The van der Waals surface area contributed by atoms with Crippen molar-refractivity contribution < 1.29 is 4.79 Å². The second kappa shape index (κ2) is 7.15. The second-order valence-electron chi connectivity index (χ2n) is 3.37. The summed E-state index contributed by atoms with van der Waals surface area (Å²) in [7, 11) is 0. The zero-order chi connectivity index (χ0) is 8.81. The maximum Gasteiger partial charge on any atom is 0.219 e. The van der Waals surface area contributed by atoms with E-state index in [1.807, 2.05) is 6.92 Å². The van der Waals surface area contributed by atoms with Crippen LogP contribution < -0.4 is 10.6 Å². The summed E-state index contributed by atoms with van der Waals surface area (Å²) in [5.74, 6) is 0.815. The third-order valence-electron chi connectivity index (χ3n) is 2.31. The van der Waals surface area contributed by atoms with Crippen LogP contribution >= 0.6 is 12.4 Å². The van der Waals surface area contributed by atoms with Crippen LogP contribution in [0.4, 0.5) is 0 Å². The van der Waals surface area contributed by atoms with Crippen molar-refractivity contribution in [2.24, 2.45) is 5.92 Å². The van der Waals surface area contributed by atoms with Gasteiger partial charge in [-0.25, -0.2) is 0 Å². The van der Waals surface area contributed by atoms with Gasteiger partial charge in [-0.2, -0.15) is 0 Å². The van der Waals surface area contributed by atoms with Crippen molar-refractivity contribution in [2.45, 2.75) is 26.2 Å². The average Bonchev–Trinajstić information content (AvgIpc) is 2.16. The van der Waals surface area contributed by atoms with E-state index in [9.17, 15) is 4.79 Å². The van der Waals surface area contributed by atoms with Crippen LogP contribution in [0.1, 0.15) is 26.2 Å². The molecule has 0 bridgehead atoms. The van der Waals surface area contributed by atoms with E-state index >= 15 is 0 Å². The first-order chi connectivity index (χ1) is 5.83. The second-order valence-corrected chi connectivity index (χ2v) is 3.37. The van der Waals surface area contributed by atoms with Gasteiger partial charge in [0.2, 0.25) is 5.91 Å². The zero-order valence-corrected chi connectivity index (χ0v) is 8.95. The first-order valence-corrected chi connectivity index (χ1v) is 4.80. The minimum Gasteiger partial charge on any atom is -0.356 e. The summed E-state index contributed by atoms with van der Waals surface area (Å²) >= 11 is 0. The lowest BCUT2D eigenvalue weighted by Gasteiger charge is -2.22. The molecule has 1 rings (SSSR count). The van der Waals surface area contributed by atoms with Crippen LogP contribution in [0.15, 0.2) is 0 Å². The molecular weight excluding hydrogens is 188 g/mol. The summed E-state index contributed by atoms with van der Waals surface area (Å²) in [6, 6.07) is 0. The molecular formula is C9H19ClN2O. The van der Waals surface area contributed by atoms with Crippen molar-refractivity contribution in [3.63, 3.8) is 0 Å². The number of rotatable bonds is 3. The molecule has 13 heavy (non-hydrogen) atoms. The van der Waals surface area contributed by atoms with E-state index in [0.717, 1.165) is 19.6 Å². The Kier molecular flexibility index (Phi) is 7.00. The molecule has 1 atom stereocenters. The van der Waals surface area contributed by atoms with Crippen molar-refractivity contribution in [1.29, 1.82) is 0 Å². The third kappa shape index (κ3) is 5.11. The van der Waals surface area contributed by atoms with Crippen LogP contribution in [0.3, 0.4) is 0 Å². The van der Waals surface area contributed by atoms with Crippen LogP contribution in [0.2, 0.25) is 0 Å². The normalized spacial score (nSPS) is 21.8. The Morgan fingerprint density at radius 1 is 1.62 bits per heavy atom. The van der Waals surface area contributed by atoms with E-state index in [2.05, 4.69) is 10.6 Å². The fraction of sp³-hybridized carbons (Fsp3) is 0.889. The minimum absolute atomic E-state index is 0. The van der Waals surface area contributed by atoms with E-state index in [4.69, 9.17) is 0 Å². The SMILES string of the molecule is CCC(=O)NCC1CCCNC1.Cl. The van der Waals surface area contributed by atoms with Gasteiger partial charge >= 0.3 is 0 Å². The van der Waals surface area contributed by atoms with Crippen LogP contribution in [0, 0.1) is 5.92 Å². The van der Waals surface area contributed by atoms with Gasteiger partial charge in [-0.15, -0.1) is 12.4 Å². The standard InChI is InChI=1S/C9H18N2O.ClH/c1-2-9(12)11-7-8-4-3-5-10-6-8;/h8,10H,2-7H2,1H3,(H,11,12);1H. The van der Waals surface area contributed by atoms with E-state index in [1.165, 1.54) is 12.8 Å². The molecule has 3 nitrogen and oxygen atoms in total. The van der Waals surface area contributed by atoms with Crippen molar-refractivity contribution >= 4 is 18.3 Å². The predicted molar refractivity (Wildman–Crippen MR) is 56.1 cm³/mol. The lowest BCUT2D eigenvalue weighted by molar-refractivity contribution is -0.120. The van der Waals surface area contributed by atoms with Gasteiger partial charge in [0.25, 0.3) is 0 Å². The molecule has 0 aromatic carbocycles. The molecule has 1 unspecified atom stereocenters. The number of piperidine rings is 1. The van der Waals surface area contributed by atoms with Gasteiger partial charge in [0.1, 0.15) is 0 Å². The molecule has 0 aromatic rings. The molecule has 0 aromatic heterocycles. The maximum absolute atomic E-state index is 10.9. The third-order valence-corrected chi connectivity index (χ3v) is 2.31. The summed E-state index contributed by atoms with van der Waals surface area (Å²) in [6.07, 6.45) is 3.09. The van der Waals surface area contributed by atoms with Gasteiger partial charge in [-0.05, 0) is 31.8 Å². The van der Waals surface area contributed by atoms with E-state index in [-0.39, 0.29) is 18.3 Å². The Labute approximate surface area is 86.1 Å². The topological polar surface area (TPSA) is 41.1 Å². The number of carbonyl (C=O) groups is 1. The first-order valence-electron chi connectivity index (χ1n) is 4.80. The zero-order valence-electron chi connectivity index (χ0n) is 8.14. The van der Waals surface area contributed by atoms with Gasteiger partial charge in [0.05, 0.1) is 0 Å². The highest BCUT2D eigenvalue weighted by molar-refractivity contribution is 5.85. The minimum atomic E-state index is 0. The molecule has 0 aliphatic carbocycles. The van der Waals surface area contributed by atoms with Crippen molar-refractivity contribution in [2.75, 3.05) is 19.6 Å². The molecule has 78 valence electrons. The van der Waals surface area contributed by atoms with Gasteiger partial charge in [-0.3, -0.25) is 4.79 Å². The fourth-order valence-electron chi connectivity index (χ4n) is 1.48. The molecule has 1 fully saturated rings. The molecule has 1 saturated heterocycles. The van der Waals surface area contributed by atoms with Gasteiger partial charge in [0.15, 0.2) is 0 Å². The van der Waals surface area contributed by atoms with Crippen LogP contribution in [0.5, 0.6) is 0 Å². The summed E-state index contributed by atoms with van der Waals surface area (Å²) in [6.45, 7) is 4.93. The number of halogens is 1. The number of carbonyl (C=O) groups excluding carboxylic acids is 1. The lowest BCUT2D eigenvalue weighted by Crippen LogP contribution is -2.37. The largest absolute Gasteiger partial charge is 0.356 e. The highest BCUT2D eigenvalue weighted by atomic mass is 35.5. The van der Waals surface area contributed by atoms with Gasteiger partial charge in [0, 0.05) is 13.0 Å². The molecule has 0 spiro atoms. The van der Waals surface area contributed by atoms with E-state index in [0.29, 0.717) is 12.3 Å². The lowest BCUT2D eigenvalue weighted by atomic mass is 10.00. The Morgan fingerprint density at radius 3 is 2.92 bits per heavy atom. The van der Waals surface area contributed by atoms with Gasteiger partial charge < -0.3 is 10.6 Å². The van der Waals surface area contributed by atoms with E-state index < -0.39 is 0 Å². The number of amides is 1. The molecule has 0 radical (unpaired) electrons. The summed E-state index contributed by atoms with van der Waals surface area (Å²) in [5.41, 5.74) is 0. The summed E-state index contributed by atoms with van der Waals surface area (Å²) in [4.78, 5) is 10.9. The van der Waals surface area contributed by atoms with Crippen molar-refractivity contribution in [1.82, 2.24) is 10.6 Å². The summed E-state index contributed by atoms with van der Waals surface area (Å²) < 4.78 is 0. The summed E-state index contributed by atoms with van der Waals surface area (Å²) in [5, 5.41) is 6.25. The number of hydrogen-bond acceptors (Lipinski definition) is 2. The number of nitrogens with one attached hydrogen (secondary N) is 2. The first kappa shape index (κ1) is 12.7. The Morgan fingerprint density at radius 2 is 2.38 bits per heavy atom. The van der Waals surface area contributed by atoms with Crippen LogP contribution in [-0.2, 0) is 4.79 Å². The molecule has 0 saturated carbocycles. The maximum atomic E-state index is 10.9. The smallest absolute Gasteiger partial charge is 0.219 e. The highest BCUT2D eigenvalue weighted by Gasteiger charge is 2.12. The van der Waals surface area contributed by atoms with Gasteiger partial charge in [-0.1, -0.05) is 6.92 Å². The van der Waals surface area contributed by atoms with E-state index in [1.54, 1.807) is 0 Å². The van der Waals surface area contributed by atoms with Crippen LogP contribution in [0.25, 0.3) is 0 Å². The molecule has 1 aliphatic heterocycles. The predicted octanol–water partition coefficient (Wildman–Crippen LogP) is 0.934. The Balaban J connectivity index is 0.00000144. The molecule has 1 amide bonds. The Hall–Kier alpha value is -0.280.